The van der Waals surface area contributed by atoms with E-state index in [1.165, 1.54) is 18.2 Å². The first-order chi connectivity index (χ1) is 15.5. The minimum Gasteiger partial charge on any atom is -0.326 e. The zero-order chi connectivity index (χ0) is 22.6. The molecule has 1 saturated heterocycles. The number of aliphatic imine (C=N–C) groups is 3. The Morgan fingerprint density at radius 2 is 0.875 bits per heavy atom. The summed E-state index contributed by atoms with van der Waals surface area (Å²) >= 11 is 0. The van der Waals surface area contributed by atoms with E-state index in [4.69, 9.17) is 7.94 Å². The molecule has 9 nitrogen and oxygen atoms in total. The minimum absolute atomic E-state index is 0.388. The predicted octanol–water partition coefficient (Wildman–Crippen LogP) is 5.23. The van der Waals surface area contributed by atoms with Crippen molar-refractivity contribution in [2.75, 3.05) is 0 Å². The van der Waals surface area contributed by atoms with Gasteiger partial charge in [-0.25, -0.2) is 32.0 Å². The molecule has 0 unspecified atom stereocenters. The molecule has 0 bridgehead atoms. The van der Waals surface area contributed by atoms with E-state index in [9.17, 15) is 19.3 Å². The van der Waals surface area contributed by atoms with Gasteiger partial charge in [-0.3, -0.25) is 0 Å². The summed E-state index contributed by atoms with van der Waals surface area (Å²) in [7, 11) is -6.24. The molecule has 1 N–H and O–H groups in total. The van der Waals surface area contributed by atoms with Gasteiger partial charge in [0.25, 0.3) is 0 Å². The fraction of sp³-hybridized carbons (Fsp3) is 0. The van der Waals surface area contributed by atoms with Crippen molar-refractivity contribution in [3.63, 3.8) is 0 Å². The van der Waals surface area contributed by atoms with E-state index in [0.717, 1.165) is 0 Å². The Labute approximate surface area is 183 Å². The lowest BCUT2D eigenvalue weighted by atomic mass is 10.3. The number of hydrogen-bond acceptors (Lipinski definition) is 9. The smallest absolute Gasteiger partial charge is 0.326 e. The van der Waals surface area contributed by atoms with E-state index in [1.807, 2.05) is 0 Å². The highest BCUT2D eigenvalue weighted by Crippen LogP contribution is 3.00. The van der Waals surface area contributed by atoms with E-state index in [1.54, 1.807) is 72.8 Å². The second-order valence-corrected chi connectivity index (χ2v) is 11.8. The molecule has 0 radical (unpaired) electrons. The first-order valence-electron chi connectivity index (χ1n) is 9.02. The highest BCUT2D eigenvalue weighted by molar-refractivity contribution is 8.47. The van der Waals surface area contributed by atoms with Crippen molar-refractivity contribution < 1.29 is 27.2 Å². The summed E-state index contributed by atoms with van der Waals surface area (Å²) in [5.41, 5.74) is 1.16. The summed E-state index contributed by atoms with van der Waals surface area (Å²) in [6, 6.07) is 19.8. The van der Waals surface area contributed by atoms with Gasteiger partial charge in [0.15, 0.2) is 0 Å². The fourth-order valence-electron chi connectivity index (χ4n) is 3.55. The Morgan fingerprint density at radius 3 is 1.09 bits per heavy atom. The monoisotopic (exact) mass is 467 g/mol. The minimum atomic E-state index is -4.07. The molecule has 3 aromatic rings. The molecule has 3 aromatic carbocycles. The molecule has 160 valence electrons. The molecule has 0 atom stereocenters. The zero-order valence-corrected chi connectivity index (χ0v) is 17.9. The van der Waals surface area contributed by atoms with Gasteiger partial charge in [-0.15, -0.1) is 0 Å². The number of benzene rings is 3. The summed E-state index contributed by atoms with van der Waals surface area (Å²) in [5, 5.41) is 0. The van der Waals surface area contributed by atoms with Crippen LogP contribution in [0.4, 0.5) is 17.1 Å². The molecule has 32 heavy (non-hydrogen) atoms. The van der Waals surface area contributed by atoms with Gasteiger partial charge in [0.2, 0.25) is 18.2 Å². The van der Waals surface area contributed by atoms with Crippen LogP contribution in [0.5, 0.6) is 0 Å². The van der Waals surface area contributed by atoms with Gasteiger partial charge in [-0.2, -0.15) is 15.0 Å². The molecule has 0 aliphatic carbocycles. The fourth-order valence-corrected chi connectivity index (χ4v) is 11.0. The average Bonchev–Trinajstić information content (AvgIpc) is 2.79. The van der Waals surface area contributed by atoms with Crippen LogP contribution in [-0.4, -0.2) is 23.1 Å². The number of isocyanates is 3. The Kier molecular flexibility index (Phi) is 5.78. The molecular weight excluding hydrogens is 453 g/mol. The van der Waals surface area contributed by atoms with Gasteiger partial charge in [0.05, 0.1) is 17.1 Å². The molecule has 1 aliphatic rings. The van der Waals surface area contributed by atoms with Gasteiger partial charge in [-0.1, -0.05) is 0 Å². The molecule has 1 aliphatic heterocycles. The van der Waals surface area contributed by atoms with Gasteiger partial charge in [0, 0.05) is 14.7 Å². The van der Waals surface area contributed by atoms with Crippen LogP contribution in [0.25, 0.3) is 0 Å². The zero-order valence-electron chi connectivity index (χ0n) is 16.2. The van der Waals surface area contributed by atoms with Crippen molar-refractivity contribution in [1.82, 2.24) is 0 Å². The molecule has 4 rings (SSSR count). The second-order valence-electron chi connectivity index (χ2n) is 6.52. The Balaban J connectivity index is 2.00. The third kappa shape index (κ3) is 3.36. The first kappa shape index (κ1) is 21.7. The number of nitrogens with zero attached hydrogens (tertiary/aromatic N) is 3. The maximum absolute atomic E-state index is 10.6. The topological polar surface area (TPSA) is 127 Å². The standard InChI is InChI=1S/C21H14N3O6PS/c25-13-22-16-1-7-19(8-2-16)32(29-31(28)30-32,20-9-3-17(4-10-20)23-14-26)21-11-5-18(6-12-21)24-15-27/h1-12,28,32H. The average molecular weight is 467 g/mol. The van der Waals surface area contributed by atoms with Crippen LogP contribution in [-0.2, 0) is 22.3 Å². The lowest BCUT2D eigenvalue weighted by Gasteiger charge is -2.72. The molecule has 1 fully saturated rings. The summed E-state index contributed by atoms with van der Waals surface area (Å²) in [6.45, 7) is 0. The lowest BCUT2D eigenvalue weighted by Crippen LogP contribution is -2.30. The molecule has 0 spiro atoms. The Bertz CT molecular complexity index is 1150. The van der Waals surface area contributed by atoms with Crippen LogP contribution < -0.4 is 0 Å². The van der Waals surface area contributed by atoms with E-state index in [0.29, 0.717) is 31.7 Å². The van der Waals surface area contributed by atoms with Gasteiger partial charge in [0.1, 0.15) is 0 Å². The quantitative estimate of drug-likeness (QED) is 0.221. The lowest BCUT2D eigenvalue weighted by molar-refractivity contribution is 0.309. The summed E-state index contributed by atoms with van der Waals surface area (Å²) < 4.78 is 12.4. The normalized spacial score (nSPS) is 18.9. The van der Waals surface area contributed by atoms with Crippen molar-refractivity contribution >= 4 is 53.6 Å². The van der Waals surface area contributed by atoms with Gasteiger partial charge >= 0.3 is 8.60 Å². The van der Waals surface area contributed by atoms with Gasteiger partial charge < -0.3 is 4.89 Å². The van der Waals surface area contributed by atoms with Crippen LogP contribution in [0.2, 0.25) is 0 Å². The SMILES string of the molecule is O=C=Nc1ccc([SH]2(c3ccc(N=C=O)cc3)(c3ccc(N=C=O)cc3)OP(O)O2)cc1. The number of carbonyl (C=O) groups excluding carboxylic acids is 3. The molecule has 1 heterocycles. The molecule has 0 saturated carbocycles. The highest BCUT2D eigenvalue weighted by atomic mass is 32.4. The predicted molar refractivity (Wildman–Crippen MR) is 118 cm³/mol. The van der Waals surface area contributed by atoms with Crippen molar-refractivity contribution in [3.8, 4) is 0 Å². The maximum Gasteiger partial charge on any atom is 0.367 e. The van der Waals surface area contributed by atoms with Crippen LogP contribution >= 0.6 is 18.3 Å². The molecule has 0 amide bonds. The number of rotatable bonds is 6. The highest BCUT2D eigenvalue weighted by Gasteiger charge is 2.55. The number of thiol groups is 1. The Hall–Kier alpha value is -3.54. The van der Waals surface area contributed by atoms with Crippen molar-refractivity contribution in [2.45, 2.75) is 14.7 Å². The Morgan fingerprint density at radius 1 is 0.594 bits per heavy atom. The summed E-state index contributed by atoms with van der Waals surface area (Å²) in [6.07, 6.45) is 4.47. The first-order valence-corrected chi connectivity index (χ1v) is 12.2. The van der Waals surface area contributed by atoms with Crippen LogP contribution in [0.15, 0.2) is 102 Å². The van der Waals surface area contributed by atoms with E-state index >= 15 is 0 Å². The van der Waals surface area contributed by atoms with Crippen molar-refractivity contribution in [2.24, 2.45) is 15.0 Å². The van der Waals surface area contributed by atoms with Crippen LogP contribution in [0.3, 0.4) is 0 Å². The van der Waals surface area contributed by atoms with Gasteiger partial charge in [-0.05, 0) is 72.8 Å². The molecule has 0 aromatic heterocycles. The third-order valence-corrected chi connectivity index (χ3v) is 12.3. The van der Waals surface area contributed by atoms with Crippen LogP contribution in [0, 0.1) is 0 Å². The van der Waals surface area contributed by atoms with Crippen molar-refractivity contribution in [3.05, 3.63) is 72.8 Å². The number of hydrogen-bond donors (Lipinski definition) is 2. The third-order valence-electron chi connectivity index (χ3n) is 4.93. The van der Waals surface area contributed by atoms with E-state index in [-0.39, 0.29) is 0 Å². The van der Waals surface area contributed by atoms with E-state index < -0.39 is 18.3 Å². The van der Waals surface area contributed by atoms with Crippen LogP contribution in [0.1, 0.15) is 0 Å². The second kappa shape index (κ2) is 8.54. The molecular formula is C21H14N3O6PS. The van der Waals surface area contributed by atoms with Crippen molar-refractivity contribution in [1.29, 1.82) is 0 Å². The van der Waals surface area contributed by atoms with E-state index in [2.05, 4.69) is 15.0 Å². The maximum atomic E-state index is 10.6. The largest absolute Gasteiger partial charge is 0.367 e. The summed E-state index contributed by atoms with van der Waals surface area (Å²) in [4.78, 5) is 54.6. The molecule has 11 heteroatoms. The summed E-state index contributed by atoms with van der Waals surface area (Å²) in [5.74, 6) is 0.